The highest BCUT2D eigenvalue weighted by Gasteiger charge is 2.14. The number of carbonyl (C=O) groups is 1. The molecule has 1 aromatic heterocycles. The average Bonchev–Trinajstić information content (AvgIpc) is 2.43. The third-order valence-electron chi connectivity index (χ3n) is 2.94. The van der Waals surface area contributed by atoms with Crippen LogP contribution in [-0.4, -0.2) is 30.2 Å². The monoisotopic (exact) mass is 324 g/mol. The van der Waals surface area contributed by atoms with Crippen molar-refractivity contribution in [2.75, 3.05) is 24.3 Å². The Labute approximate surface area is 132 Å². The highest BCUT2D eigenvalue weighted by molar-refractivity contribution is 6.34. The summed E-state index contributed by atoms with van der Waals surface area (Å²) < 4.78 is 0. The van der Waals surface area contributed by atoms with Crippen LogP contribution < -0.4 is 10.2 Å². The third kappa shape index (κ3) is 3.62. The number of amides is 1. The number of nitrogens with zero attached hydrogens (tertiary/aromatic N) is 3. The molecule has 0 radical (unpaired) electrons. The van der Waals surface area contributed by atoms with E-state index in [4.69, 9.17) is 23.2 Å². The number of carbonyl (C=O) groups excluding carboxylic acids is 1. The van der Waals surface area contributed by atoms with E-state index in [0.717, 1.165) is 11.3 Å². The van der Waals surface area contributed by atoms with E-state index in [1.165, 1.54) is 6.07 Å². The number of aryl methyl sites for hydroxylation is 1. The van der Waals surface area contributed by atoms with Gasteiger partial charge < -0.3 is 10.2 Å². The molecule has 0 atom stereocenters. The lowest BCUT2D eigenvalue weighted by Crippen LogP contribution is -2.15. The average molecular weight is 325 g/mol. The van der Waals surface area contributed by atoms with Gasteiger partial charge in [-0.3, -0.25) is 4.79 Å². The quantitative estimate of drug-likeness (QED) is 0.939. The maximum absolute atomic E-state index is 12.2. The van der Waals surface area contributed by atoms with Gasteiger partial charge in [0.05, 0.1) is 5.56 Å². The molecule has 2 aromatic rings. The zero-order valence-electron chi connectivity index (χ0n) is 11.8. The Balaban J connectivity index is 2.25. The van der Waals surface area contributed by atoms with Gasteiger partial charge in [-0.2, -0.15) is 0 Å². The smallest absolute Gasteiger partial charge is 0.258 e. The number of anilines is 2. The Hall–Kier alpha value is -1.85. The first-order valence-electron chi connectivity index (χ1n) is 6.16. The van der Waals surface area contributed by atoms with Gasteiger partial charge in [0.1, 0.15) is 0 Å². The van der Waals surface area contributed by atoms with Crippen molar-refractivity contribution < 1.29 is 4.79 Å². The molecule has 1 N–H and O–H groups in total. The van der Waals surface area contributed by atoms with Gasteiger partial charge in [0.25, 0.3) is 5.91 Å². The van der Waals surface area contributed by atoms with Crippen LogP contribution in [0.4, 0.5) is 11.4 Å². The fourth-order valence-corrected chi connectivity index (χ4v) is 2.09. The van der Waals surface area contributed by atoms with Crippen molar-refractivity contribution in [3.05, 3.63) is 45.7 Å². The van der Waals surface area contributed by atoms with Gasteiger partial charge in [-0.1, -0.05) is 23.2 Å². The third-order valence-corrected chi connectivity index (χ3v) is 3.40. The van der Waals surface area contributed by atoms with Crippen LogP contribution in [0.5, 0.6) is 0 Å². The van der Waals surface area contributed by atoms with E-state index < -0.39 is 0 Å². The van der Waals surface area contributed by atoms with Crippen LogP contribution in [0, 0.1) is 6.92 Å². The molecule has 1 heterocycles. The molecule has 110 valence electrons. The van der Waals surface area contributed by atoms with Crippen LogP contribution >= 0.6 is 23.2 Å². The van der Waals surface area contributed by atoms with E-state index in [-0.39, 0.29) is 21.8 Å². The van der Waals surface area contributed by atoms with Gasteiger partial charge in [0.15, 0.2) is 10.3 Å². The minimum atomic E-state index is -0.377. The largest absolute Gasteiger partial charge is 0.378 e. The number of hydrogen-bond acceptors (Lipinski definition) is 4. The summed E-state index contributed by atoms with van der Waals surface area (Å²) in [5.41, 5.74) is 2.89. The summed E-state index contributed by atoms with van der Waals surface area (Å²) in [6.45, 7) is 1.92. The van der Waals surface area contributed by atoms with Gasteiger partial charge in [0, 0.05) is 25.5 Å². The fraction of sp³-hybridized carbons (Fsp3) is 0.214. The molecule has 5 nitrogen and oxygen atoms in total. The maximum Gasteiger partial charge on any atom is 0.258 e. The van der Waals surface area contributed by atoms with Crippen molar-refractivity contribution in [2.24, 2.45) is 0 Å². The van der Waals surface area contributed by atoms with E-state index >= 15 is 0 Å². The Kier molecular flexibility index (Phi) is 4.65. The second kappa shape index (κ2) is 6.28. The topological polar surface area (TPSA) is 58.1 Å². The minimum Gasteiger partial charge on any atom is -0.378 e. The van der Waals surface area contributed by atoms with Crippen molar-refractivity contribution in [3.63, 3.8) is 0 Å². The van der Waals surface area contributed by atoms with Gasteiger partial charge >= 0.3 is 0 Å². The standard InChI is InChI=1S/C14H14Cl2N4O/c1-8-6-9(20(2)3)4-5-11(8)17-14(21)10-7-12(15)18-19-13(10)16/h4-7H,1-3H3,(H,17,21). The van der Waals surface area contributed by atoms with Gasteiger partial charge in [-0.15, -0.1) is 10.2 Å². The molecule has 0 fully saturated rings. The first kappa shape index (κ1) is 15.5. The molecule has 0 aliphatic heterocycles. The normalized spacial score (nSPS) is 10.3. The van der Waals surface area contributed by atoms with Crippen LogP contribution in [-0.2, 0) is 0 Å². The second-order valence-electron chi connectivity index (χ2n) is 4.72. The van der Waals surface area contributed by atoms with Crippen LogP contribution in [0.2, 0.25) is 10.3 Å². The highest BCUT2D eigenvalue weighted by Crippen LogP contribution is 2.23. The van der Waals surface area contributed by atoms with E-state index in [2.05, 4.69) is 15.5 Å². The number of benzene rings is 1. The Bertz CT molecular complexity index is 689. The number of hydrogen-bond donors (Lipinski definition) is 1. The zero-order valence-corrected chi connectivity index (χ0v) is 13.3. The molecular weight excluding hydrogens is 311 g/mol. The molecule has 1 amide bonds. The molecular formula is C14H14Cl2N4O. The summed E-state index contributed by atoms with van der Waals surface area (Å²) >= 11 is 11.6. The first-order chi connectivity index (χ1) is 9.88. The molecule has 0 bridgehead atoms. The maximum atomic E-state index is 12.2. The Morgan fingerprint density at radius 3 is 2.52 bits per heavy atom. The summed E-state index contributed by atoms with van der Waals surface area (Å²) in [5, 5.41) is 10.1. The van der Waals surface area contributed by atoms with Crippen molar-refractivity contribution >= 4 is 40.5 Å². The van der Waals surface area contributed by atoms with Crippen LogP contribution in [0.15, 0.2) is 24.3 Å². The minimum absolute atomic E-state index is 0.0134. The molecule has 2 rings (SSSR count). The molecule has 1 aromatic carbocycles. The Morgan fingerprint density at radius 2 is 1.90 bits per heavy atom. The molecule has 7 heteroatoms. The predicted molar refractivity (Wildman–Crippen MR) is 85.5 cm³/mol. The fourth-order valence-electron chi connectivity index (χ4n) is 1.77. The summed E-state index contributed by atoms with van der Waals surface area (Å²) in [7, 11) is 3.91. The lowest BCUT2D eigenvalue weighted by atomic mass is 10.1. The Morgan fingerprint density at radius 1 is 1.19 bits per heavy atom. The number of rotatable bonds is 3. The molecule has 0 unspecified atom stereocenters. The number of aromatic nitrogens is 2. The molecule has 21 heavy (non-hydrogen) atoms. The van der Waals surface area contributed by atoms with E-state index in [1.54, 1.807) is 0 Å². The van der Waals surface area contributed by atoms with Crippen LogP contribution in [0.3, 0.4) is 0 Å². The molecule has 0 aliphatic rings. The summed E-state index contributed by atoms with van der Waals surface area (Å²) in [6.07, 6.45) is 0. The van der Waals surface area contributed by atoms with Gasteiger partial charge in [0.2, 0.25) is 0 Å². The molecule has 0 aliphatic carbocycles. The number of nitrogens with one attached hydrogen (secondary N) is 1. The first-order valence-corrected chi connectivity index (χ1v) is 6.92. The molecule has 0 saturated heterocycles. The van der Waals surface area contributed by atoms with Gasteiger partial charge in [-0.25, -0.2) is 0 Å². The van der Waals surface area contributed by atoms with E-state index in [0.29, 0.717) is 5.69 Å². The van der Waals surface area contributed by atoms with Crippen molar-refractivity contribution in [1.29, 1.82) is 0 Å². The lowest BCUT2D eigenvalue weighted by molar-refractivity contribution is 0.102. The molecule has 0 saturated carbocycles. The summed E-state index contributed by atoms with van der Waals surface area (Å²) in [5.74, 6) is -0.377. The van der Waals surface area contributed by atoms with Crippen molar-refractivity contribution in [1.82, 2.24) is 10.2 Å². The summed E-state index contributed by atoms with van der Waals surface area (Å²) in [4.78, 5) is 14.2. The highest BCUT2D eigenvalue weighted by atomic mass is 35.5. The van der Waals surface area contributed by atoms with Crippen molar-refractivity contribution in [2.45, 2.75) is 6.92 Å². The zero-order chi connectivity index (χ0) is 15.6. The van der Waals surface area contributed by atoms with Crippen LogP contribution in [0.25, 0.3) is 0 Å². The van der Waals surface area contributed by atoms with Crippen molar-refractivity contribution in [3.8, 4) is 0 Å². The second-order valence-corrected chi connectivity index (χ2v) is 5.46. The van der Waals surface area contributed by atoms with Crippen LogP contribution in [0.1, 0.15) is 15.9 Å². The van der Waals surface area contributed by atoms with E-state index in [9.17, 15) is 4.79 Å². The SMILES string of the molecule is Cc1cc(N(C)C)ccc1NC(=O)c1cc(Cl)nnc1Cl. The molecule has 0 spiro atoms. The summed E-state index contributed by atoms with van der Waals surface area (Å²) in [6, 6.07) is 7.12. The van der Waals surface area contributed by atoms with E-state index in [1.807, 2.05) is 44.1 Å². The van der Waals surface area contributed by atoms with Gasteiger partial charge in [-0.05, 0) is 36.8 Å². The predicted octanol–water partition coefficient (Wildman–Crippen LogP) is 3.41. The lowest BCUT2D eigenvalue weighted by Gasteiger charge is -2.15. The number of halogens is 2.